The second-order valence-corrected chi connectivity index (χ2v) is 7.49. The molecule has 0 aromatic heterocycles. The summed E-state index contributed by atoms with van der Waals surface area (Å²) < 4.78 is 17.1. The highest BCUT2D eigenvalue weighted by atomic mass is 16.6. The second-order valence-electron chi connectivity index (χ2n) is 7.49. The van der Waals surface area contributed by atoms with Gasteiger partial charge in [0.1, 0.15) is 23.2 Å². The highest BCUT2D eigenvalue weighted by Gasteiger charge is 2.47. The normalized spacial score (nSPS) is 18.5. The monoisotopic (exact) mass is 386 g/mol. The maximum absolute atomic E-state index is 12.1. The largest absolute Gasteiger partial charge is 0.496 e. The quantitative estimate of drug-likeness (QED) is 0.759. The smallest absolute Gasteiger partial charge is 0.339 e. The number of carboxylic acid groups (broad SMARTS) is 1. The van der Waals surface area contributed by atoms with Gasteiger partial charge in [-0.3, -0.25) is 0 Å². The molecule has 2 aromatic rings. The number of aliphatic hydroxyl groups is 1. The fraction of sp³-hybridized carbons (Fsp3) is 0.409. The van der Waals surface area contributed by atoms with Crippen LogP contribution >= 0.6 is 0 Å². The third-order valence-corrected chi connectivity index (χ3v) is 5.08. The summed E-state index contributed by atoms with van der Waals surface area (Å²) in [7, 11) is 3.03. The van der Waals surface area contributed by atoms with Crippen molar-refractivity contribution >= 4 is 5.97 Å². The zero-order valence-corrected chi connectivity index (χ0v) is 16.6. The van der Waals surface area contributed by atoms with Crippen molar-refractivity contribution in [1.82, 2.24) is 0 Å². The molecule has 0 radical (unpaired) electrons. The van der Waals surface area contributed by atoms with Crippen LogP contribution in [-0.2, 0) is 17.6 Å². The van der Waals surface area contributed by atoms with Crippen molar-refractivity contribution in [2.75, 3.05) is 14.2 Å². The van der Waals surface area contributed by atoms with Crippen LogP contribution in [0.3, 0.4) is 0 Å². The van der Waals surface area contributed by atoms with Crippen molar-refractivity contribution < 1.29 is 29.2 Å². The maximum Gasteiger partial charge on any atom is 0.339 e. The molecule has 0 spiro atoms. The van der Waals surface area contributed by atoms with Gasteiger partial charge in [-0.1, -0.05) is 30.3 Å². The molecule has 3 rings (SSSR count). The van der Waals surface area contributed by atoms with Gasteiger partial charge in [-0.2, -0.15) is 0 Å². The van der Waals surface area contributed by atoms with Gasteiger partial charge in [-0.05, 0) is 43.9 Å². The lowest BCUT2D eigenvalue weighted by molar-refractivity contribution is -0.0886. The zero-order chi connectivity index (χ0) is 20.5. The number of methoxy groups -OCH3 is 2. The van der Waals surface area contributed by atoms with Crippen LogP contribution < -0.4 is 9.47 Å². The Morgan fingerprint density at radius 2 is 1.86 bits per heavy atom. The first-order valence-electron chi connectivity index (χ1n) is 9.20. The highest BCUT2D eigenvalue weighted by Crippen LogP contribution is 2.50. The molecule has 0 aliphatic carbocycles. The van der Waals surface area contributed by atoms with E-state index in [0.717, 1.165) is 5.56 Å². The van der Waals surface area contributed by atoms with Gasteiger partial charge < -0.3 is 24.4 Å². The summed E-state index contributed by atoms with van der Waals surface area (Å²) in [5.74, 6) is -0.358. The van der Waals surface area contributed by atoms with E-state index in [1.54, 1.807) is 19.9 Å². The average Bonchev–Trinajstić information content (AvgIpc) is 3.05. The van der Waals surface area contributed by atoms with E-state index in [2.05, 4.69) is 0 Å². The molecule has 0 unspecified atom stereocenters. The average molecular weight is 386 g/mol. The lowest BCUT2D eigenvalue weighted by Crippen LogP contribution is -2.42. The predicted molar refractivity (Wildman–Crippen MR) is 104 cm³/mol. The van der Waals surface area contributed by atoms with Gasteiger partial charge in [0.15, 0.2) is 6.10 Å². The van der Waals surface area contributed by atoms with E-state index in [-0.39, 0.29) is 11.3 Å². The van der Waals surface area contributed by atoms with Gasteiger partial charge in [0.05, 0.1) is 18.3 Å². The Bertz CT molecular complexity index is 854. The number of fused-ring (bicyclic) bond motifs is 1. The number of hydrogen-bond acceptors (Lipinski definition) is 5. The molecule has 0 bridgehead atoms. The van der Waals surface area contributed by atoms with Crippen molar-refractivity contribution in [3.63, 3.8) is 0 Å². The molecule has 1 heterocycles. The van der Waals surface area contributed by atoms with Crippen molar-refractivity contribution in [1.29, 1.82) is 0 Å². The molecule has 0 saturated heterocycles. The van der Waals surface area contributed by atoms with Crippen LogP contribution in [0.4, 0.5) is 0 Å². The fourth-order valence-electron chi connectivity index (χ4n) is 3.71. The van der Waals surface area contributed by atoms with Gasteiger partial charge in [0, 0.05) is 7.11 Å². The summed E-state index contributed by atoms with van der Waals surface area (Å²) in [6.45, 7) is 3.22. The molecule has 6 nitrogen and oxygen atoms in total. The SMILES string of the molecule is COc1cc(CCc2ccccc2)c(C(=O)O)c2c1[C@H](OC)[C@@H](C(C)(C)O)O2. The molecule has 2 aromatic carbocycles. The number of hydrogen-bond donors (Lipinski definition) is 2. The second kappa shape index (κ2) is 7.81. The Morgan fingerprint density at radius 3 is 2.39 bits per heavy atom. The van der Waals surface area contributed by atoms with Gasteiger partial charge in [-0.25, -0.2) is 4.79 Å². The lowest BCUT2D eigenvalue weighted by atomic mass is 9.91. The highest BCUT2D eigenvalue weighted by molar-refractivity contribution is 5.94. The van der Waals surface area contributed by atoms with E-state index in [1.165, 1.54) is 14.2 Å². The van der Waals surface area contributed by atoms with Crippen molar-refractivity contribution in [3.05, 3.63) is 58.7 Å². The number of aryl methyl sites for hydroxylation is 2. The van der Waals surface area contributed by atoms with Crippen LogP contribution in [0.15, 0.2) is 36.4 Å². The first-order chi connectivity index (χ1) is 13.3. The Morgan fingerprint density at radius 1 is 1.18 bits per heavy atom. The molecular formula is C22H26O6. The minimum atomic E-state index is -1.23. The summed E-state index contributed by atoms with van der Waals surface area (Å²) in [4.78, 5) is 12.1. The maximum atomic E-state index is 12.1. The molecule has 2 atom stereocenters. The fourth-order valence-corrected chi connectivity index (χ4v) is 3.71. The predicted octanol–water partition coefficient (Wildman–Crippen LogP) is 3.40. The first-order valence-corrected chi connectivity index (χ1v) is 9.20. The van der Waals surface area contributed by atoms with Crippen LogP contribution in [0.1, 0.15) is 47.0 Å². The summed E-state index contributed by atoms with van der Waals surface area (Å²) in [6, 6.07) is 11.6. The molecule has 2 N–H and O–H groups in total. The van der Waals surface area contributed by atoms with Crippen molar-refractivity contribution in [2.45, 2.75) is 44.5 Å². The van der Waals surface area contributed by atoms with Crippen LogP contribution in [0.25, 0.3) is 0 Å². The van der Waals surface area contributed by atoms with E-state index >= 15 is 0 Å². The molecule has 1 aliphatic rings. The minimum Gasteiger partial charge on any atom is -0.496 e. The van der Waals surface area contributed by atoms with Crippen LogP contribution in [0.2, 0.25) is 0 Å². The third kappa shape index (κ3) is 3.70. The van der Waals surface area contributed by atoms with Crippen LogP contribution in [0, 0.1) is 0 Å². The Hall–Kier alpha value is -2.57. The molecule has 0 amide bonds. The summed E-state index contributed by atoms with van der Waals surface area (Å²) in [6.07, 6.45) is -0.176. The standard InChI is InChI=1S/C22H26O6/c1-22(2,25)20-19(27-4)17-15(26-3)12-14(16(21(23)24)18(17)28-20)11-10-13-8-6-5-7-9-13/h5-9,12,19-20,25H,10-11H2,1-4H3,(H,23,24)/t19-,20-/m0/s1. The number of carboxylic acids is 1. The zero-order valence-electron chi connectivity index (χ0n) is 16.6. The molecule has 150 valence electrons. The third-order valence-electron chi connectivity index (χ3n) is 5.08. The summed E-state index contributed by atoms with van der Waals surface area (Å²) in [5, 5.41) is 20.4. The van der Waals surface area contributed by atoms with Crippen molar-refractivity contribution in [2.24, 2.45) is 0 Å². The Labute approximate surface area is 164 Å². The van der Waals surface area contributed by atoms with E-state index in [4.69, 9.17) is 14.2 Å². The number of aromatic carboxylic acids is 1. The lowest BCUT2D eigenvalue weighted by Gasteiger charge is -2.29. The molecule has 1 aliphatic heterocycles. The van der Waals surface area contributed by atoms with E-state index in [1.807, 2.05) is 30.3 Å². The van der Waals surface area contributed by atoms with Crippen molar-refractivity contribution in [3.8, 4) is 11.5 Å². The first kappa shape index (κ1) is 20.2. The van der Waals surface area contributed by atoms with Crippen LogP contribution in [-0.4, -0.2) is 42.1 Å². The number of benzene rings is 2. The molecule has 6 heteroatoms. The number of carbonyl (C=O) groups is 1. The molecule has 28 heavy (non-hydrogen) atoms. The van der Waals surface area contributed by atoms with Crippen LogP contribution in [0.5, 0.6) is 11.5 Å². The molecule has 0 fully saturated rings. The Balaban J connectivity index is 2.08. The van der Waals surface area contributed by atoms with Gasteiger partial charge >= 0.3 is 5.97 Å². The molecular weight excluding hydrogens is 360 g/mol. The van der Waals surface area contributed by atoms with Gasteiger partial charge in [0.2, 0.25) is 0 Å². The Kier molecular flexibility index (Phi) is 5.63. The van der Waals surface area contributed by atoms with Gasteiger partial charge in [-0.15, -0.1) is 0 Å². The summed E-state index contributed by atoms with van der Waals surface area (Å²) >= 11 is 0. The van der Waals surface area contributed by atoms with E-state index in [0.29, 0.717) is 29.7 Å². The summed E-state index contributed by atoms with van der Waals surface area (Å²) in [5.41, 5.74) is 1.13. The minimum absolute atomic E-state index is 0.0977. The number of rotatable bonds is 7. The van der Waals surface area contributed by atoms with E-state index in [9.17, 15) is 15.0 Å². The van der Waals surface area contributed by atoms with Gasteiger partial charge in [0.25, 0.3) is 0 Å². The molecule has 0 saturated carbocycles. The van der Waals surface area contributed by atoms with E-state index < -0.39 is 23.8 Å². The number of ether oxygens (including phenoxy) is 3. The topological polar surface area (TPSA) is 85.2 Å².